The summed E-state index contributed by atoms with van der Waals surface area (Å²) in [5.74, 6) is -0.917. The van der Waals surface area contributed by atoms with Gasteiger partial charge in [-0.15, -0.1) is 0 Å². The van der Waals surface area contributed by atoms with E-state index in [0.29, 0.717) is 11.4 Å². The molecular weight excluding hydrogens is 244 g/mol. The Morgan fingerprint density at radius 2 is 2.00 bits per heavy atom. The minimum Gasteiger partial charge on any atom is -0.451 e. The van der Waals surface area contributed by atoms with Crippen LogP contribution in [0.4, 0.5) is 5.69 Å². The first-order chi connectivity index (χ1) is 9.16. The molecule has 5 nitrogen and oxygen atoms in total. The van der Waals surface area contributed by atoms with Gasteiger partial charge in [0, 0.05) is 11.9 Å². The zero-order valence-electron chi connectivity index (χ0n) is 10.5. The molecule has 0 saturated heterocycles. The quantitative estimate of drug-likeness (QED) is 0.825. The van der Waals surface area contributed by atoms with E-state index in [1.165, 1.54) is 0 Å². The van der Waals surface area contributed by atoms with Gasteiger partial charge >= 0.3 is 5.97 Å². The highest BCUT2D eigenvalue weighted by Crippen LogP contribution is 2.12. The van der Waals surface area contributed by atoms with Gasteiger partial charge in [0.05, 0.1) is 0 Å². The van der Waals surface area contributed by atoms with Crippen molar-refractivity contribution in [3.05, 3.63) is 53.9 Å². The second kappa shape index (κ2) is 5.86. The van der Waals surface area contributed by atoms with Crippen molar-refractivity contribution in [1.29, 1.82) is 0 Å². The number of carbonyl (C=O) groups excluding carboxylic acids is 2. The molecule has 2 N–H and O–H groups in total. The first-order valence-electron chi connectivity index (χ1n) is 5.83. The number of aromatic nitrogens is 1. The molecule has 0 atom stereocenters. The highest BCUT2D eigenvalue weighted by Gasteiger charge is 2.11. The number of hydrogen-bond acceptors (Lipinski definition) is 3. The molecule has 2 aromatic rings. The maximum atomic E-state index is 11.6. The zero-order chi connectivity index (χ0) is 13.7. The average molecular weight is 258 g/mol. The minimum absolute atomic E-state index is 0.313. The number of rotatable bonds is 4. The number of hydrogen-bond donors (Lipinski definition) is 2. The van der Waals surface area contributed by atoms with Crippen molar-refractivity contribution in [1.82, 2.24) is 4.98 Å². The topological polar surface area (TPSA) is 71.2 Å². The Morgan fingerprint density at radius 3 is 2.68 bits per heavy atom. The summed E-state index contributed by atoms with van der Waals surface area (Å²) in [6, 6.07) is 10.7. The summed E-state index contributed by atoms with van der Waals surface area (Å²) in [7, 11) is 0. The van der Waals surface area contributed by atoms with Gasteiger partial charge in [0.1, 0.15) is 5.69 Å². The third-order valence-corrected chi connectivity index (χ3v) is 2.57. The van der Waals surface area contributed by atoms with Crippen LogP contribution in [0.15, 0.2) is 42.6 Å². The summed E-state index contributed by atoms with van der Waals surface area (Å²) in [5.41, 5.74) is 1.98. The Bertz CT molecular complexity index is 576. The molecule has 1 heterocycles. The van der Waals surface area contributed by atoms with E-state index in [9.17, 15) is 9.59 Å². The largest absolute Gasteiger partial charge is 0.451 e. The van der Waals surface area contributed by atoms with Crippen LogP contribution in [0.5, 0.6) is 0 Å². The fourth-order valence-corrected chi connectivity index (χ4v) is 1.57. The van der Waals surface area contributed by atoms with E-state index in [2.05, 4.69) is 10.3 Å². The van der Waals surface area contributed by atoms with E-state index < -0.39 is 5.97 Å². The number of amides is 1. The number of aromatic amines is 1. The van der Waals surface area contributed by atoms with Crippen LogP contribution in [0.25, 0.3) is 0 Å². The van der Waals surface area contributed by atoms with Crippen LogP contribution in [0.2, 0.25) is 0 Å². The lowest BCUT2D eigenvalue weighted by atomic mass is 10.2. The number of anilines is 1. The third kappa shape index (κ3) is 3.45. The smallest absolute Gasteiger partial charge is 0.355 e. The molecule has 0 aliphatic carbocycles. The second-order valence-corrected chi connectivity index (χ2v) is 4.02. The molecule has 1 amide bonds. The maximum Gasteiger partial charge on any atom is 0.355 e. The van der Waals surface area contributed by atoms with Gasteiger partial charge in [-0.05, 0) is 30.7 Å². The Morgan fingerprint density at radius 1 is 1.21 bits per heavy atom. The molecule has 1 aromatic heterocycles. The van der Waals surface area contributed by atoms with Gasteiger partial charge in [-0.25, -0.2) is 4.79 Å². The van der Waals surface area contributed by atoms with Crippen LogP contribution in [-0.4, -0.2) is 23.5 Å². The Balaban J connectivity index is 1.86. The predicted molar refractivity (Wildman–Crippen MR) is 70.9 cm³/mol. The standard InChI is InChI=1S/C14H14N2O3/c1-10-5-2-3-6-11(10)16-13(17)9-19-14(18)12-7-4-8-15-12/h2-8,15H,9H2,1H3,(H,16,17). The van der Waals surface area contributed by atoms with Crippen LogP contribution in [0, 0.1) is 6.92 Å². The lowest BCUT2D eigenvalue weighted by Gasteiger charge is -2.08. The number of benzene rings is 1. The van der Waals surface area contributed by atoms with Crippen LogP contribution in [-0.2, 0) is 9.53 Å². The van der Waals surface area contributed by atoms with Crippen molar-refractivity contribution in [3.63, 3.8) is 0 Å². The highest BCUT2D eigenvalue weighted by atomic mass is 16.5. The Hall–Kier alpha value is -2.56. The molecule has 0 unspecified atom stereocenters. The van der Waals surface area contributed by atoms with Gasteiger partial charge in [0.25, 0.3) is 5.91 Å². The van der Waals surface area contributed by atoms with Crippen molar-refractivity contribution in [2.24, 2.45) is 0 Å². The molecule has 98 valence electrons. The predicted octanol–water partition coefficient (Wildman–Crippen LogP) is 2.12. The number of aryl methyl sites for hydroxylation is 1. The number of ether oxygens (including phenoxy) is 1. The average Bonchev–Trinajstić information content (AvgIpc) is 2.93. The highest BCUT2D eigenvalue weighted by molar-refractivity contribution is 5.95. The third-order valence-electron chi connectivity index (χ3n) is 2.57. The summed E-state index contributed by atoms with van der Waals surface area (Å²) in [6.07, 6.45) is 1.62. The van der Waals surface area contributed by atoms with E-state index in [1.807, 2.05) is 25.1 Å². The summed E-state index contributed by atoms with van der Waals surface area (Å²) >= 11 is 0. The molecule has 0 aliphatic rings. The molecular formula is C14H14N2O3. The Kier molecular flexibility index (Phi) is 3.97. The van der Waals surface area contributed by atoms with Crippen LogP contribution in [0.3, 0.4) is 0 Å². The van der Waals surface area contributed by atoms with Crippen LogP contribution in [0.1, 0.15) is 16.1 Å². The normalized spacial score (nSPS) is 9.95. The molecule has 0 aliphatic heterocycles. The van der Waals surface area contributed by atoms with Crippen molar-refractivity contribution in [3.8, 4) is 0 Å². The number of para-hydroxylation sites is 1. The van der Waals surface area contributed by atoms with Gasteiger partial charge in [0.15, 0.2) is 6.61 Å². The second-order valence-electron chi connectivity index (χ2n) is 4.02. The van der Waals surface area contributed by atoms with Gasteiger partial charge in [-0.2, -0.15) is 0 Å². The number of carbonyl (C=O) groups is 2. The number of nitrogens with one attached hydrogen (secondary N) is 2. The zero-order valence-corrected chi connectivity index (χ0v) is 10.5. The molecule has 5 heteroatoms. The SMILES string of the molecule is Cc1ccccc1NC(=O)COC(=O)c1ccc[nH]1. The number of esters is 1. The van der Waals surface area contributed by atoms with E-state index in [1.54, 1.807) is 24.4 Å². The molecule has 0 spiro atoms. The molecule has 0 radical (unpaired) electrons. The fourth-order valence-electron chi connectivity index (χ4n) is 1.57. The van der Waals surface area contributed by atoms with E-state index in [4.69, 9.17) is 4.74 Å². The fraction of sp³-hybridized carbons (Fsp3) is 0.143. The van der Waals surface area contributed by atoms with Gasteiger partial charge in [-0.3, -0.25) is 4.79 Å². The van der Waals surface area contributed by atoms with Crippen molar-refractivity contribution in [2.45, 2.75) is 6.92 Å². The van der Waals surface area contributed by atoms with Crippen LogP contribution < -0.4 is 5.32 Å². The molecule has 19 heavy (non-hydrogen) atoms. The minimum atomic E-state index is -0.551. The lowest BCUT2D eigenvalue weighted by molar-refractivity contribution is -0.119. The lowest BCUT2D eigenvalue weighted by Crippen LogP contribution is -2.21. The first kappa shape index (κ1) is 12.9. The van der Waals surface area contributed by atoms with Gasteiger partial charge < -0.3 is 15.0 Å². The van der Waals surface area contributed by atoms with Crippen molar-refractivity contribution >= 4 is 17.6 Å². The Labute approximate surface area is 110 Å². The molecule has 0 bridgehead atoms. The van der Waals surface area contributed by atoms with Crippen molar-refractivity contribution in [2.75, 3.05) is 11.9 Å². The molecule has 1 aromatic carbocycles. The first-order valence-corrected chi connectivity index (χ1v) is 5.83. The van der Waals surface area contributed by atoms with Gasteiger partial charge in [-0.1, -0.05) is 18.2 Å². The molecule has 2 rings (SSSR count). The summed E-state index contributed by atoms with van der Waals surface area (Å²) < 4.78 is 4.88. The molecule has 0 fully saturated rings. The van der Waals surface area contributed by atoms with Gasteiger partial charge in [0.2, 0.25) is 0 Å². The van der Waals surface area contributed by atoms with E-state index >= 15 is 0 Å². The summed E-state index contributed by atoms with van der Waals surface area (Å²) in [5, 5.41) is 2.68. The maximum absolute atomic E-state index is 11.6. The summed E-state index contributed by atoms with van der Waals surface area (Å²) in [6.45, 7) is 1.58. The number of H-pyrrole nitrogens is 1. The van der Waals surface area contributed by atoms with Crippen molar-refractivity contribution < 1.29 is 14.3 Å². The van der Waals surface area contributed by atoms with E-state index in [0.717, 1.165) is 5.56 Å². The molecule has 0 saturated carbocycles. The monoisotopic (exact) mass is 258 g/mol. The van der Waals surface area contributed by atoms with E-state index in [-0.39, 0.29) is 12.5 Å². The van der Waals surface area contributed by atoms with Crippen LogP contribution >= 0.6 is 0 Å². The summed E-state index contributed by atoms with van der Waals surface area (Å²) in [4.78, 5) is 25.8.